The SMILES string of the molecule is c1ccc(-n2c3ccc(-c4cccc(-c5ccccc5Nc5cccc6ccccc56)c4)cc3c3c4oc5ccccc5c4ccc32)cc1. The molecule has 10 rings (SSSR count). The maximum Gasteiger partial charge on any atom is 0.145 e. The zero-order chi connectivity index (χ0) is 32.3. The first-order valence-electron chi connectivity index (χ1n) is 16.7. The Kier molecular flexibility index (Phi) is 6.18. The third kappa shape index (κ3) is 4.44. The van der Waals surface area contributed by atoms with E-state index in [-0.39, 0.29) is 0 Å². The van der Waals surface area contributed by atoms with Crippen LogP contribution in [0.15, 0.2) is 180 Å². The minimum atomic E-state index is 0.908. The first kappa shape index (κ1) is 27.5. The summed E-state index contributed by atoms with van der Waals surface area (Å²) in [4.78, 5) is 0. The van der Waals surface area contributed by atoms with Gasteiger partial charge in [-0.1, -0.05) is 115 Å². The van der Waals surface area contributed by atoms with Gasteiger partial charge in [0.25, 0.3) is 0 Å². The molecule has 0 saturated carbocycles. The van der Waals surface area contributed by atoms with Crippen LogP contribution in [0.4, 0.5) is 11.4 Å². The Bertz CT molecular complexity index is 2850. The van der Waals surface area contributed by atoms with E-state index in [0.717, 1.165) is 77.7 Å². The van der Waals surface area contributed by atoms with Gasteiger partial charge in [0.2, 0.25) is 0 Å². The van der Waals surface area contributed by atoms with Gasteiger partial charge < -0.3 is 14.3 Å². The van der Waals surface area contributed by atoms with Crippen LogP contribution >= 0.6 is 0 Å². The minimum Gasteiger partial charge on any atom is -0.455 e. The van der Waals surface area contributed by atoms with Crippen molar-refractivity contribution in [1.82, 2.24) is 4.57 Å². The van der Waals surface area contributed by atoms with E-state index in [1.807, 2.05) is 6.07 Å². The van der Waals surface area contributed by atoms with Crippen molar-refractivity contribution >= 4 is 65.9 Å². The smallest absolute Gasteiger partial charge is 0.145 e. The van der Waals surface area contributed by atoms with Gasteiger partial charge >= 0.3 is 0 Å². The van der Waals surface area contributed by atoms with E-state index >= 15 is 0 Å². The second-order valence-corrected chi connectivity index (χ2v) is 12.6. The van der Waals surface area contributed by atoms with Crippen molar-refractivity contribution in [2.24, 2.45) is 0 Å². The van der Waals surface area contributed by atoms with Crippen LogP contribution in [0.2, 0.25) is 0 Å². The lowest BCUT2D eigenvalue weighted by atomic mass is 9.96. The molecule has 10 aromatic rings. The molecule has 0 bridgehead atoms. The lowest BCUT2D eigenvalue weighted by Crippen LogP contribution is -1.94. The van der Waals surface area contributed by atoms with Crippen molar-refractivity contribution < 1.29 is 4.42 Å². The van der Waals surface area contributed by atoms with Crippen molar-refractivity contribution in [3.05, 3.63) is 176 Å². The number of anilines is 2. The highest BCUT2D eigenvalue weighted by Crippen LogP contribution is 2.42. The number of furan rings is 1. The molecular formula is C46H30N2O. The number of fused-ring (bicyclic) bond motifs is 8. The first-order chi connectivity index (χ1) is 24.3. The number of aromatic nitrogens is 1. The lowest BCUT2D eigenvalue weighted by Gasteiger charge is -2.15. The fourth-order valence-electron chi connectivity index (χ4n) is 7.51. The van der Waals surface area contributed by atoms with Crippen molar-refractivity contribution in [3.63, 3.8) is 0 Å². The number of benzene rings is 8. The van der Waals surface area contributed by atoms with Crippen LogP contribution in [0.25, 0.3) is 82.5 Å². The molecule has 0 saturated heterocycles. The Morgan fingerprint density at radius 1 is 0.429 bits per heavy atom. The molecule has 1 N–H and O–H groups in total. The molecule has 0 atom stereocenters. The number of hydrogen-bond donors (Lipinski definition) is 1. The van der Waals surface area contributed by atoms with Gasteiger partial charge in [0, 0.05) is 44.2 Å². The van der Waals surface area contributed by atoms with E-state index in [9.17, 15) is 0 Å². The van der Waals surface area contributed by atoms with Gasteiger partial charge in [-0.05, 0) is 82.7 Å². The fraction of sp³-hybridized carbons (Fsp3) is 0. The topological polar surface area (TPSA) is 30.1 Å². The van der Waals surface area contributed by atoms with E-state index in [1.54, 1.807) is 0 Å². The molecule has 0 amide bonds. The Hall–Kier alpha value is -6.58. The Morgan fingerprint density at radius 3 is 2.06 bits per heavy atom. The van der Waals surface area contributed by atoms with Crippen LogP contribution in [0.3, 0.4) is 0 Å². The molecule has 0 spiro atoms. The standard InChI is InChI=1S/C46H30N2O/c1-2-16-34(17-3-1)48-42-26-24-32(29-39(42)45-43(48)27-25-38-37-20-7-9-23-44(37)49-46(38)45)31-14-10-15-33(28-31)36-19-6-8-21-40(36)47-41-22-11-13-30-12-4-5-18-35(30)41/h1-29,47H. The van der Waals surface area contributed by atoms with Crippen LogP contribution in [0.1, 0.15) is 0 Å². The molecule has 49 heavy (non-hydrogen) atoms. The van der Waals surface area contributed by atoms with E-state index in [2.05, 4.69) is 180 Å². The molecule has 3 nitrogen and oxygen atoms in total. The second-order valence-electron chi connectivity index (χ2n) is 12.6. The van der Waals surface area contributed by atoms with E-state index in [0.29, 0.717) is 0 Å². The molecule has 0 aliphatic rings. The highest BCUT2D eigenvalue weighted by atomic mass is 16.3. The van der Waals surface area contributed by atoms with Crippen molar-refractivity contribution in [1.29, 1.82) is 0 Å². The summed E-state index contributed by atoms with van der Waals surface area (Å²) in [5.41, 5.74) is 12.1. The van der Waals surface area contributed by atoms with E-state index in [4.69, 9.17) is 4.42 Å². The summed E-state index contributed by atoms with van der Waals surface area (Å²) >= 11 is 0. The summed E-state index contributed by atoms with van der Waals surface area (Å²) in [7, 11) is 0. The van der Waals surface area contributed by atoms with Crippen molar-refractivity contribution in [3.8, 4) is 27.9 Å². The Balaban J connectivity index is 1.14. The summed E-state index contributed by atoms with van der Waals surface area (Å²) in [6.07, 6.45) is 0. The third-order valence-corrected chi connectivity index (χ3v) is 9.78. The predicted molar refractivity (Wildman–Crippen MR) is 206 cm³/mol. The van der Waals surface area contributed by atoms with Crippen LogP contribution in [0, 0.1) is 0 Å². The predicted octanol–water partition coefficient (Wildman–Crippen LogP) is 12.9. The second kappa shape index (κ2) is 11.0. The number of hydrogen-bond acceptors (Lipinski definition) is 2. The van der Waals surface area contributed by atoms with E-state index in [1.165, 1.54) is 16.2 Å². The highest BCUT2D eigenvalue weighted by Gasteiger charge is 2.19. The molecule has 0 radical (unpaired) electrons. The number of para-hydroxylation sites is 3. The summed E-state index contributed by atoms with van der Waals surface area (Å²) in [5, 5.41) is 10.8. The number of nitrogens with zero attached hydrogens (tertiary/aromatic N) is 1. The summed E-state index contributed by atoms with van der Waals surface area (Å²) in [6, 6.07) is 62.6. The van der Waals surface area contributed by atoms with Gasteiger partial charge in [-0.3, -0.25) is 0 Å². The first-order valence-corrected chi connectivity index (χ1v) is 16.7. The van der Waals surface area contributed by atoms with Gasteiger partial charge in [-0.2, -0.15) is 0 Å². The lowest BCUT2D eigenvalue weighted by molar-refractivity contribution is 0.673. The minimum absolute atomic E-state index is 0.908. The van der Waals surface area contributed by atoms with Gasteiger partial charge in [-0.25, -0.2) is 0 Å². The van der Waals surface area contributed by atoms with Gasteiger partial charge in [0.1, 0.15) is 11.2 Å². The zero-order valence-corrected chi connectivity index (χ0v) is 26.6. The fourth-order valence-corrected chi connectivity index (χ4v) is 7.51. The molecule has 2 aromatic heterocycles. The average molecular weight is 627 g/mol. The van der Waals surface area contributed by atoms with Gasteiger partial charge in [0.15, 0.2) is 0 Å². The van der Waals surface area contributed by atoms with Crippen LogP contribution < -0.4 is 5.32 Å². The van der Waals surface area contributed by atoms with Crippen LogP contribution in [0.5, 0.6) is 0 Å². The van der Waals surface area contributed by atoms with Crippen LogP contribution in [-0.4, -0.2) is 4.57 Å². The average Bonchev–Trinajstić information content (AvgIpc) is 3.71. The van der Waals surface area contributed by atoms with Crippen LogP contribution in [-0.2, 0) is 0 Å². The molecule has 230 valence electrons. The van der Waals surface area contributed by atoms with Gasteiger partial charge in [0.05, 0.1) is 16.4 Å². The molecule has 0 unspecified atom stereocenters. The summed E-state index contributed by atoms with van der Waals surface area (Å²) < 4.78 is 8.97. The molecule has 0 aliphatic heterocycles. The maximum atomic E-state index is 6.61. The maximum absolute atomic E-state index is 6.61. The Labute approximate surface area is 283 Å². The van der Waals surface area contributed by atoms with E-state index < -0.39 is 0 Å². The monoisotopic (exact) mass is 626 g/mol. The quantitative estimate of drug-likeness (QED) is 0.206. The Morgan fingerprint density at radius 2 is 1.12 bits per heavy atom. The molecule has 2 heterocycles. The molecule has 0 fully saturated rings. The molecule has 3 heteroatoms. The normalized spacial score (nSPS) is 11.7. The number of rotatable bonds is 5. The van der Waals surface area contributed by atoms with Crippen molar-refractivity contribution in [2.45, 2.75) is 0 Å². The third-order valence-electron chi connectivity index (χ3n) is 9.78. The van der Waals surface area contributed by atoms with Crippen molar-refractivity contribution in [2.75, 3.05) is 5.32 Å². The van der Waals surface area contributed by atoms with Gasteiger partial charge in [-0.15, -0.1) is 0 Å². The highest BCUT2D eigenvalue weighted by molar-refractivity contribution is 6.24. The summed E-state index contributed by atoms with van der Waals surface area (Å²) in [6.45, 7) is 0. The molecule has 0 aliphatic carbocycles. The summed E-state index contributed by atoms with van der Waals surface area (Å²) in [5.74, 6) is 0. The molecular weight excluding hydrogens is 597 g/mol. The molecule has 8 aromatic carbocycles. The zero-order valence-electron chi connectivity index (χ0n) is 26.6. The largest absolute Gasteiger partial charge is 0.455 e. The number of nitrogens with one attached hydrogen (secondary N) is 1.